The Hall–Kier alpha value is -0.660. The molecule has 0 bridgehead atoms. The number of likely N-dealkylation sites (N-methyl/N-ethyl adjacent to an activating group) is 1. The SMILES string of the molecule is CCNCCNC(=O)CS(=O)(=O)N(CC)CC. The molecule has 0 aromatic heterocycles. The topological polar surface area (TPSA) is 78.5 Å². The standard InChI is InChI=1S/C10H23N3O3S/c1-4-11-7-8-12-10(14)9-17(15,16)13(5-2)6-3/h11H,4-9H2,1-3H3,(H,12,14). The summed E-state index contributed by atoms with van der Waals surface area (Å²) in [6.07, 6.45) is 0. The fourth-order valence-corrected chi connectivity index (χ4v) is 2.79. The van der Waals surface area contributed by atoms with Gasteiger partial charge in [0.2, 0.25) is 15.9 Å². The molecule has 0 aromatic carbocycles. The summed E-state index contributed by atoms with van der Waals surface area (Å²) < 4.78 is 24.8. The summed E-state index contributed by atoms with van der Waals surface area (Å²) in [7, 11) is -3.46. The molecule has 0 saturated heterocycles. The fourth-order valence-electron chi connectivity index (χ4n) is 1.39. The highest BCUT2D eigenvalue weighted by molar-refractivity contribution is 7.89. The van der Waals surface area contributed by atoms with Gasteiger partial charge in [0.05, 0.1) is 0 Å². The highest BCUT2D eigenvalue weighted by atomic mass is 32.2. The van der Waals surface area contributed by atoms with E-state index in [1.54, 1.807) is 13.8 Å². The molecule has 0 aromatic rings. The first-order chi connectivity index (χ1) is 7.97. The second kappa shape index (κ2) is 8.43. The molecule has 0 fully saturated rings. The van der Waals surface area contributed by atoms with E-state index in [0.717, 1.165) is 6.54 Å². The van der Waals surface area contributed by atoms with Gasteiger partial charge in [0.1, 0.15) is 5.75 Å². The molecule has 2 N–H and O–H groups in total. The second-order valence-corrected chi connectivity index (χ2v) is 5.51. The van der Waals surface area contributed by atoms with Gasteiger partial charge in [-0.1, -0.05) is 20.8 Å². The molecule has 1 amide bonds. The van der Waals surface area contributed by atoms with Crippen LogP contribution >= 0.6 is 0 Å². The Morgan fingerprint density at radius 1 is 1.12 bits per heavy atom. The average Bonchev–Trinajstić information content (AvgIpc) is 2.25. The molecule has 17 heavy (non-hydrogen) atoms. The van der Waals surface area contributed by atoms with Crippen molar-refractivity contribution < 1.29 is 13.2 Å². The third-order valence-corrected chi connectivity index (χ3v) is 4.22. The molecule has 0 unspecified atom stereocenters. The van der Waals surface area contributed by atoms with Crippen molar-refractivity contribution in [2.24, 2.45) is 0 Å². The number of hydrogen-bond donors (Lipinski definition) is 2. The van der Waals surface area contributed by atoms with Crippen LogP contribution in [0.25, 0.3) is 0 Å². The van der Waals surface area contributed by atoms with Crippen LogP contribution in [0.15, 0.2) is 0 Å². The molecule has 0 aliphatic carbocycles. The lowest BCUT2D eigenvalue weighted by atomic mass is 10.5. The molecule has 0 saturated carbocycles. The molecule has 0 spiro atoms. The molecular weight excluding hydrogens is 242 g/mol. The lowest BCUT2D eigenvalue weighted by Crippen LogP contribution is -2.40. The highest BCUT2D eigenvalue weighted by Gasteiger charge is 2.22. The van der Waals surface area contributed by atoms with Crippen molar-refractivity contribution >= 4 is 15.9 Å². The summed E-state index contributed by atoms with van der Waals surface area (Å²) >= 11 is 0. The van der Waals surface area contributed by atoms with Crippen molar-refractivity contribution in [3.63, 3.8) is 0 Å². The Bertz CT molecular complexity index is 313. The van der Waals surface area contributed by atoms with Gasteiger partial charge in [-0.3, -0.25) is 4.79 Å². The maximum atomic E-state index is 11.7. The fraction of sp³-hybridized carbons (Fsp3) is 0.900. The highest BCUT2D eigenvalue weighted by Crippen LogP contribution is 2.00. The maximum absolute atomic E-state index is 11.7. The van der Waals surface area contributed by atoms with Gasteiger partial charge >= 0.3 is 0 Å². The Morgan fingerprint density at radius 2 is 1.71 bits per heavy atom. The monoisotopic (exact) mass is 265 g/mol. The van der Waals surface area contributed by atoms with Gasteiger partial charge in [-0.2, -0.15) is 0 Å². The van der Waals surface area contributed by atoms with E-state index in [1.165, 1.54) is 4.31 Å². The number of nitrogens with one attached hydrogen (secondary N) is 2. The molecule has 0 radical (unpaired) electrons. The van der Waals surface area contributed by atoms with Crippen LogP contribution in [0.4, 0.5) is 0 Å². The minimum absolute atomic E-state index is 0.392. The van der Waals surface area contributed by atoms with Crippen LogP contribution in [0, 0.1) is 0 Å². The van der Waals surface area contributed by atoms with E-state index >= 15 is 0 Å². The lowest BCUT2D eigenvalue weighted by molar-refractivity contribution is -0.118. The van der Waals surface area contributed by atoms with Crippen molar-refractivity contribution in [3.8, 4) is 0 Å². The third kappa shape index (κ3) is 6.60. The van der Waals surface area contributed by atoms with Crippen LogP contribution in [0.1, 0.15) is 20.8 Å². The first-order valence-electron chi connectivity index (χ1n) is 5.93. The summed E-state index contributed by atoms with van der Waals surface area (Å²) in [6.45, 7) is 8.18. The van der Waals surface area contributed by atoms with Crippen molar-refractivity contribution in [2.75, 3.05) is 38.5 Å². The van der Waals surface area contributed by atoms with Crippen LogP contribution in [-0.4, -0.2) is 57.1 Å². The number of amides is 1. The Balaban J connectivity index is 4.10. The van der Waals surface area contributed by atoms with E-state index in [-0.39, 0.29) is 0 Å². The van der Waals surface area contributed by atoms with Gasteiger partial charge in [-0.15, -0.1) is 0 Å². The normalized spacial score (nSPS) is 11.8. The maximum Gasteiger partial charge on any atom is 0.236 e. The van der Waals surface area contributed by atoms with Crippen LogP contribution in [-0.2, 0) is 14.8 Å². The number of carbonyl (C=O) groups excluding carboxylic acids is 1. The minimum Gasteiger partial charge on any atom is -0.354 e. The Morgan fingerprint density at radius 3 is 2.18 bits per heavy atom. The van der Waals surface area contributed by atoms with Gasteiger partial charge in [-0.25, -0.2) is 12.7 Å². The zero-order valence-corrected chi connectivity index (χ0v) is 11.6. The smallest absolute Gasteiger partial charge is 0.236 e. The number of hydrogen-bond acceptors (Lipinski definition) is 4. The van der Waals surface area contributed by atoms with E-state index in [9.17, 15) is 13.2 Å². The molecule has 0 atom stereocenters. The van der Waals surface area contributed by atoms with Crippen LogP contribution in [0.3, 0.4) is 0 Å². The van der Waals surface area contributed by atoms with E-state index in [4.69, 9.17) is 0 Å². The minimum atomic E-state index is -3.46. The summed E-state index contributed by atoms with van der Waals surface area (Å²) in [5.74, 6) is -0.921. The Labute approximate surface area is 104 Å². The predicted molar refractivity (Wildman–Crippen MR) is 68.3 cm³/mol. The van der Waals surface area contributed by atoms with Gasteiger partial charge in [0.15, 0.2) is 0 Å². The van der Waals surface area contributed by atoms with E-state index in [2.05, 4.69) is 10.6 Å². The first-order valence-corrected chi connectivity index (χ1v) is 7.54. The van der Waals surface area contributed by atoms with Gasteiger partial charge in [0.25, 0.3) is 0 Å². The zero-order chi connectivity index (χ0) is 13.3. The van der Waals surface area contributed by atoms with Crippen molar-refractivity contribution in [1.82, 2.24) is 14.9 Å². The predicted octanol–water partition coefficient (Wildman–Crippen LogP) is -0.616. The summed E-state index contributed by atoms with van der Waals surface area (Å²) in [6, 6.07) is 0. The lowest BCUT2D eigenvalue weighted by Gasteiger charge is -2.17. The molecule has 0 heterocycles. The van der Waals surface area contributed by atoms with Crippen molar-refractivity contribution in [3.05, 3.63) is 0 Å². The molecule has 0 rings (SSSR count). The van der Waals surface area contributed by atoms with Gasteiger partial charge in [0, 0.05) is 26.2 Å². The number of carbonyl (C=O) groups is 1. The van der Waals surface area contributed by atoms with E-state index in [0.29, 0.717) is 26.2 Å². The van der Waals surface area contributed by atoms with Crippen LogP contribution in [0.2, 0.25) is 0 Å². The van der Waals surface area contributed by atoms with Crippen molar-refractivity contribution in [1.29, 1.82) is 0 Å². The molecule has 7 heteroatoms. The number of rotatable bonds is 9. The molecule has 6 nitrogen and oxygen atoms in total. The van der Waals surface area contributed by atoms with E-state index < -0.39 is 21.7 Å². The molecule has 0 aliphatic rings. The third-order valence-electron chi connectivity index (χ3n) is 2.29. The molecular formula is C10H23N3O3S. The number of nitrogens with zero attached hydrogens (tertiary/aromatic N) is 1. The van der Waals surface area contributed by atoms with Crippen molar-refractivity contribution in [2.45, 2.75) is 20.8 Å². The second-order valence-electron chi connectivity index (χ2n) is 3.54. The quantitative estimate of drug-likeness (QED) is 0.545. The molecule has 102 valence electrons. The summed E-state index contributed by atoms with van der Waals surface area (Å²) in [5.41, 5.74) is 0. The molecule has 0 aliphatic heterocycles. The summed E-state index contributed by atoms with van der Waals surface area (Å²) in [4.78, 5) is 11.4. The first kappa shape index (κ1) is 16.3. The number of sulfonamides is 1. The summed E-state index contributed by atoms with van der Waals surface area (Å²) in [5, 5.41) is 5.61. The Kier molecular flexibility index (Phi) is 8.11. The van der Waals surface area contributed by atoms with Crippen LogP contribution in [0.5, 0.6) is 0 Å². The van der Waals surface area contributed by atoms with Gasteiger partial charge < -0.3 is 10.6 Å². The average molecular weight is 265 g/mol. The largest absolute Gasteiger partial charge is 0.354 e. The van der Waals surface area contributed by atoms with Crippen LogP contribution < -0.4 is 10.6 Å². The van der Waals surface area contributed by atoms with Gasteiger partial charge in [-0.05, 0) is 6.54 Å². The zero-order valence-electron chi connectivity index (χ0n) is 10.8. The van der Waals surface area contributed by atoms with E-state index in [1.807, 2.05) is 6.92 Å².